The summed E-state index contributed by atoms with van der Waals surface area (Å²) < 4.78 is 16.9. The van der Waals surface area contributed by atoms with Crippen molar-refractivity contribution in [3.05, 3.63) is 34.1 Å². The monoisotopic (exact) mass is 248 g/mol. The second-order valence-electron chi connectivity index (χ2n) is 2.25. The number of carbonyl (C=O) groups is 1. The Balaban J connectivity index is 0.000000310. The summed E-state index contributed by atoms with van der Waals surface area (Å²) in [6, 6.07) is 5.04. The third-order valence-electron chi connectivity index (χ3n) is 1.17. The second-order valence-corrected chi connectivity index (χ2v) is 3.10. The lowest BCUT2D eigenvalue weighted by Crippen LogP contribution is -1.77. The summed E-state index contributed by atoms with van der Waals surface area (Å²) >= 11 is 3.05. The van der Waals surface area contributed by atoms with E-state index in [0.29, 0.717) is 10.9 Å². The second kappa shape index (κ2) is 6.60. The first-order valence-electron chi connectivity index (χ1n) is 3.50. The lowest BCUT2D eigenvalue weighted by molar-refractivity contribution is -0.126. The molecule has 0 heterocycles. The molecule has 2 nitrogen and oxygen atoms in total. The van der Waals surface area contributed by atoms with Gasteiger partial charge >= 0.3 is 0 Å². The molecule has 0 bridgehead atoms. The van der Waals surface area contributed by atoms with Crippen molar-refractivity contribution in [1.29, 1.82) is 0 Å². The highest BCUT2D eigenvalue weighted by atomic mass is 79.9. The van der Waals surface area contributed by atoms with Gasteiger partial charge in [0.25, 0.3) is 6.47 Å². The molecule has 0 atom stereocenters. The average Bonchev–Trinajstić information content (AvgIpc) is 2.12. The Morgan fingerprint density at radius 3 is 2.38 bits per heavy atom. The van der Waals surface area contributed by atoms with Gasteiger partial charge in [-0.25, -0.2) is 4.39 Å². The minimum atomic E-state index is -0.199. The minimum absolute atomic E-state index is 0.199. The third kappa shape index (κ3) is 5.36. The average molecular weight is 249 g/mol. The number of hydrogen-bond acceptors (Lipinski definition) is 2. The van der Waals surface area contributed by atoms with Crippen molar-refractivity contribution in [2.24, 2.45) is 0 Å². The maximum absolute atomic E-state index is 12.5. The Morgan fingerprint density at radius 2 is 2.08 bits per heavy atom. The van der Waals surface area contributed by atoms with Crippen molar-refractivity contribution in [1.82, 2.24) is 0 Å². The van der Waals surface area contributed by atoms with Crippen LogP contribution in [0.1, 0.15) is 5.56 Å². The molecule has 0 amide bonds. The van der Waals surface area contributed by atoms with E-state index < -0.39 is 0 Å². The number of benzene rings is 1. The fourth-order valence-electron chi connectivity index (χ4n) is 0.601. The lowest BCUT2D eigenvalue weighted by atomic mass is 10.2. The van der Waals surface area contributed by atoms with Crippen molar-refractivity contribution in [3.63, 3.8) is 0 Å². The topological polar surface area (TPSA) is 26.3 Å². The molecule has 0 saturated carbocycles. The van der Waals surface area contributed by atoms with E-state index in [-0.39, 0.29) is 5.82 Å². The van der Waals surface area contributed by atoms with Gasteiger partial charge in [0.1, 0.15) is 5.82 Å². The number of ether oxygens (including phenoxy) is 1. The first kappa shape index (κ1) is 12.1. The molecule has 1 aromatic rings. The first-order valence-corrected chi connectivity index (χ1v) is 4.29. The number of hydrogen-bond donors (Lipinski definition) is 0. The lowest BCUT2D eigenvalue weighted by Gasteiger charge is -1.93. The van der Waals surface area contributed by atoms with Gasteiger partial charge in [-0.2, -0.15) is 0 Å². The van der Waals surface area contributed by atoms with Crippen molar-refractivity contribution in [2.75, 3.05) is 7.11 Å². The van der Waals surface area contributed by atoms with E-state index in [9.17, 15) is 4.39 Å². The molecule has 0 aromatic heterocycles. The number of carbonyl (C=O) groups excluding carboxylic acids is 1. The normalized spacial score (nSPS) is 8.31. The highest BCUT2D eigenvalue weighted by Gasteiger charge is 1.95. The van der Waals surface area contributed by atoms with Gasteiger partial charge < -0.3 is 4.74 Å². The summed E-state index contributed by atoms with van der Waals surface area (Å²) in [5.74, 6) is -0.199. The number of rotatable bonds is 1. The highest BCUT2D eigenvalue weighted by molar-refractivity contribution is 9.10. The van der Waals surface area contributed by atoms with Crippen LogP contribution >= 0.6 is 15.9 Å². The van der Waals surface area contributed by atoms with Crippen molar-refractivity contribution >= 4 is 22.4 Å². The summed E-state index contributed by atoms with van der Waals surface area (Å²) in [6.07, 6.45) is 0. The van der Waals surface area contributed by atoms with E-state index in [4.69, 9.17) is 4.79 Å². The van der Waals surface area contributed by atoms with E-state index in [2.05, 4.69) is 20.7 Å². The quantitative estimate of drug-likeness (QED) is 0.715. The van der Waals surface area contributed by atoms with Crippen LogP contribution in [0.3, 0.4) is 0 Å². The van der Waals surface area contributed by atoms with Crippen LogP contribution < -0.4 is 0 Å². The van der Waals surface area contributed by atoms with E-state index in [0.717, 1.165) is 5.56 Å². The Hall–Kier alpha value is -0.900. The van der Waals surface area contributed by atoms with Gasteiger partial charge in [0, 0.05) is 0 Å². The molecule has 0 radical (unpaired) electrons. The zero-order chi connectivity index (χ0) is 10.3. The predicted molar refractivity (Wildman–Crippen MR) is 51.9 cm³/mol. The third-order valence-corrected chi connectivity index (χ3v) is 1.81. The van der Waals surface area contributed by atoms with Gasteiger partial charge in [0.05, 0.1) is 11.6 Å². The Labute approximate surface area is 84.8 Å². The van der Waals surface area contributed by atoms with E-state index in [1.54, 1.807) is 6.07 Å². The van der Waals surface area contributed by atoms with Crippen LogP contribution in [0, 0.1) is 12.7 Å². The molecule has 0 aliphatic carbocycles. The van der Waals surface area contributed by atoms with Gasteiger partial charge in [-0.3, -0.25) is 4.79 Å². The number of halogens is 2. The molecule has 0 aliphatic heterocycles. The van der Waals surface area contributed by atoms with Gasteiger partial charge in [-0.15, -0.1) is 0 Å². The largest absolute Gasteiger partial charge is 0.471 e. The molecular weight excluding hydrogens is 239 g/mol. The predicted octanol–water partition coefficient (Wildman–Crippen LogP) is 2.69. The van der Waals surface area contributed by atoms with Crippen LogP contribution in [0.15, 0.2) is 22.7 Å². The maximum Gasteiger partial charge on any atom is 0.292 e. The van der Waals surface area contributed by atoms with Crippen LogP contribution in [0.4, 0.5) is 4.39 Å². The van der Waals surface area contributed by atoms with Crippen LogP contribution in [0.5, 0.6) is 0 Å². The minimum Gasteiger partial charge on any atom is -0.471 e. The van der Waals surface area contributed by atoms with E-state index in [1.165, 1.54) is 13.2 Å². The SMILES string of the molecule is COC=O.Cc1ccc(Br)c(F)c1. The molecule has 72 valence electrons. The summed E-state index contributed by atoms with van der Waals surface area (Å²) in [7, 11) is 1.31. The van der Waals surface area contributed by atoms with Crippen LogP contribution in [-0.2, 0) is 9.53 Å². The Bertz CT molecular complexity index is 276. The van der Waals surface area contributed by atoms with Crippen LogP contribution in [0.2, 0.25) is 0 Å². The molecule has 0 aliphatic rings. The Morgan fingerprint density at radius 1 is 1.54 bits per heavy atom. The number of methoxy groups -OCH3 is 1. The van der Waals surface area contributed by atoms with Crippen molar-refractivity contribution in [2.45, 2.75) is 6.92 Å². The summed E-state index contributed by atoms with van der Waals surface area (Å²) in [6.45, 7) is 2.23. The van der Waals surface area contributed by atoms with Gasteiger partial charge in [0.2, 0.25) is 0 Å². The van der Waals surface area contributed by atoms with E-state index >= 15 is 0 Å². The Kier molecular flexibility index (Phi) is 6.14. The summed E-state index contributed by atoms with van der Waals surface area (Å²) in [5, 5.41) is 0. The fourth-order valence-corrected chi connectivity index (χ4v) is 0.848. The molecular formula is C9H10BrFO2. The van der Waals surface area contributed by atoms with Gasteiger partial charge in [-0.1, -0.05) is 6.07 Å². The molecule has 0 fully saturated rings. The summed E-state index contributed by atoms with van der Waals surface area (Å²) in [5.41, 5.74) is 0.940. The summed E-state index contributed by atoms with van der Waals surface area (Å²) in [4.78, 5) is 8.95. The molecule has 13 heavy (non-hydrogen) atoms. The zero-order valence-electron chi connectivity index (χ0n) is 7.38. The molecule has 1 aromatic carbocycles. The van der Waals surface area contributed by atoms with Gasteiger partial charge in [-0.05, 0) is 40.5 Å². The maximum atomic E-state index is 12.5. The molecule has 0 N–H and O–H groups in total. The fraction of sp³-hybridized carbons (Fsp3) is 0.222. The molecule has 0 spiro atoms. The first-order chi connectivity index (χ1) is 6.11. The van der Waals surface area contributed by atoms with Crippen LogP contribution in [-0.4, -0.2) is 13.6 Å². The molecule has 0 saturated heterocycles. The van der Waals surface area contributed by atoms with E-state index in [1.807, 2.05) is 13.0 Å². The zero-order valence-corrected chi connectivity index (χ0v) is 8.97. The number of aryl methyl sites for hydroxylation is 1. The van der Waals surface area contributed by atoms with Crippen LogP contribution in [0.25, 0.3) is 0 Å². The van der Waals surface area contributed by atoms with Gasteiger partial charge in [0.15, 0.2) is 0 Å². The van der Waals surface area contributed by atoms with Crippen molar-refractivity contribution in [3.8, 4) is 0 Å². The van der Waals surface area contributed by atoms with Crippen molar-refractivity contribution < 1.29 is 13.9 Å². The smallest absolute Gasteiger partial charge is 0.292 e. The standard InChI is InChI=1S/C7H6BrF.C2H4O2/c1-5-2-3-6(8)7(9)4-5;1-4-2-3/h2-4H,1H3;2H,1H3. The molecule has 4 heteroatoms. The highest BCUT2D eigenvalue weighted by Crippen LogP contribution is 2.15. The molecule has 1 rings (SSSR count). The molecule has 0 unspecified atom stereocenters.